The number of hydrogen-bond acceptors (Lipinski definition) is 5. The quantitative estimate of drug-likeness (QED) is 0.359. The van der Waals surface area contributed by atoms with Crippen molar-refractivity contribution in [2.24, 2.45) is 5.73 Å². The van der Waals surface area contributed by atoms with Crippen LogP contribution in [0.3, 0.4) is 0 Å². The standard InChI is InChI=1S/C25H25ClFN5O2.CH4/c1-25(2,28)24(33)29-21(15-34-14-16-6-4-3-5-7-16)23-31-30-22-20(12-18(26)13-32(22)23)17-8-10-19(27)11-9-17;/h3-13,21H,14-15,28H2,1-2H3,(H,29,33);1H4/t21-;/m1./s1. The third kappa shape index (κ3) is 6.22. The van der Waals surface area contributed by atoms with Gasteiger partial charge < -0.3 is 15.8 Å². The van der Waals surface area contributed by atoms with Crippen LogP contribution in [0.25, 0.3) is 16.8 Å². The first-order chi connectivity index (χ1) is 16.2. The Balaban J connectivity index is 0.00000342. The maximum atomic E-state index is 13.4. The molecule has 0 radical (unpaired) electrons. The van der Waals surface area contributed by atoms with Gasteiger partial charge in [0.2, 0.25) is 5.91 Å². The van der Waals surface area contributed by atoms with Crippen molar-refractivity contribution in [1.82, 2.24) is 19.9 Å². The Morgan fingerprint density at radius 3 is 2.51 bits per heavy atom. The molecule has 1 atom stereocenters. The van der Waals surface area contributed by atoms with E-state index in [1.54, 1.807) is 42.6 Å². The molecule has 35 heavy (non-hydrogen) atoms. The Morgan fingerprint density at radius 2 is 1.86 bits per heavy atom. The number of aromatic nitrogens is 3. The summed E-state index contributed by atoms with van der Waals surface area (Å²) >= 11 is 6.41. The number of halogens is 2. The molecule has 0 spiro atoms. The maximum Gasteiger partial charge on any atom is 0.240 e. The van der Waals surface area contributed by atoms with E-state index in [2.05, 4.69) is 15.5 Å². The van der Waals surface area contributed by atoms with Crippen LogP contribution in [0.15, 0.2) is 66.9 Å². The van der Waals surface area contributed by atoms with Gasteiger partial charge in [-0.2, -0.15) is 0 Å². The van der Waals surface area contributed by atoms with E-state index in [0.29, 0.717) is 28.7 Å². The fourth-order valence-electron chi connectivity index (χ4n) is 3.45. The Kier molecular flexibility index (Phi) is 8.22. The molecule has 3 N–H and O–H groups in total. The molecule has 0 fully saturated rings. The number of nitrogens with zero attached hydrogens (tertiary/aromatic N) is 3. The molecule has 2 aromatic heterocycles. The molecule has 0 bridgehead atoms. The molecule has 0 unspecified atom stereocenters. The van der Waals surface area contributed by atoms with Gasteiger partial charge in [-0.05, 0) is 43.2 Å². The molecule has 0 aliphatic rings. The summed E-state index contributed by atoms with van der Waals surface area (Å²) in [5.41, 5.74) is 7.83. The summed E-state index contributed by atoms with van der Waals surface area (Å²) < 4.78 is 21.1. The normalized spacial score (nSPS) is 12.3. The van der Waals surface area contributed by atoms with Gasteiger partial charge in [0.1, 0.15) is 11.9 Å². The molecule has 2 heterocycles. The predicted molar refractivity (Wildman–Crippen MR) is 135 cm³/mol. The molecule has 9 heteroatoms. The van der Waals surface area contributed by atoms with Crippen molar-refractivity contribution in [2.75, 3.05) is 6.61 Å². The molecule has 0 aliphatic carbocycles. The van der Waals surface area contributed by atoms with E-state index in [1.165, 1.54) is 12.1 Å². The summed E-state index contributed by atoms with van der Waals surface area (Å²) in [6, 6.07) is 16.8. The fraction of sp³-hybridized carbons (Fsp3) is 0.269. The summed E-state index contributed by atoms with van der Waals surface area (Å²) in [5, 5.41) is 12.0. The molecule has 4 rings (SSSR count). The molecule has 184 valence electrons. The topological polar surface area (TPSA) is 94.5 Å². The van der Waals surface area contributed by atoms with Crippen LogP contribution < -0.4 is 11.1 Å². The molecule has 2 aromatic carbocycles. The average Bonchev–Trinajstić information content (AvgIpc) is 3.22. The van der Waals surface area contributed by atoms with E-state index in [4.69, 9.17) is 22.1 Å². The van der Waals surface area contributed by atoms with E-state index in [0.717, 1.165) is 11.1 Å². The van der Waals surface area contributed by atoms with Crippen LogP contribution >= 0.6 is 11.6 Å². The third-order valence-electron chi connectivity index (χ3n) is 5.25. The van der Waals surface area contributed by atoms with Crippen LogP contribution in [0.1, 0.15) is 38.7 Å². The Labute approximate surface area is 209 Å². The zero-order chi connectivity index (χ0) is 24.3. The molecular weight excluding hydrogens is 469 g/mol. The maximum absolute atomic E-state index is 13.4. The second-order valence-electron chi connectivity index (χ2n) is 8.58. The molecular formula is C26H29ClFN5O2. The number of rotatable bonds is 8. The van der Waals surface area contributed by atoms with Gasteiger partial charge in [0.25, 0.3) is 0 Å². The number of benzene rings is 2. The largest absolute Gasteiger partial charge is 0.374 e. The number of fused-ring (bicyclic) bond motifs is 1. The van der Waals surface area contributed by atoms with E-state index in [1.807, 2.05) is 30.3 Å². The van der Waals surface area contributed by atoms with Gasteiger partial charge >= 0.3 is 0 Å². The Hall–Kier alpha value is -3.33. The van der Waals surface area contributed by atoms with Crippen LogP contribution in [0.4, 0.5) is 4.39 Å². The molecule has 0 saturated heterocycles. The van der Waals surface area contributed by atoms with Gasteiger partial charge in [0.05, 0.1) is 23.8 Å². The van der Waals surface area contributed by atoms with E-state index < -0.39 is 11.6 Å². The lowest BCUT2D eigenvalue weighted by Gasteiger charge is -2.23. The first kappa shape index (κ1) is 26.3. The molecule has 1 amide bonds. The lowest BCUT2D eigenvalue weighted by molar-refractivity contribution is -0.126. The van der Waals surface area contributed by atoms with Gasteiger partial charge in [-0.15, -0.1) is 10.2 Å². The lowest BCUT2D eigenvalue weighted by Crippen LogP contribution is -2.50. The first-order valence-electron chi connectivity index (χ1n) is 10.7. The highest BCUT2D eigenvalue weighted by molar-refractivity contribution is 6.30. The van der Waals surface area contributed by atoms with E-state index in [-0.39, 0.29) is 25.8 Å². The summed E-state index contributed by atoms with van der Waals surface area (Å²) in [7, 11) is 0. The van der Waals surface area contributed by atoms with Crippen molar-refractivity contribution in [2.45, 2.75) is 39.5 Å². The van der Waals surface area contributed by atoms with Crippen LogP contribution in [-0.2, 0) is 16.1 Å². The van der Waals surface area contributed by atoms with Crippen molar-refractivity contribution in [3.63, 3.8) is 0 Å². The highest BCUT2D eigenvalue weighted by Crippen LogP contribution is 2.29. The molecule has 0 saturated carbocycles. The van der Waals surface area contributed by atoms with Gasteiger partial charge in [-0.1, -0.05) is 61.5 Å². The molecule has 7 nitrogen and oxygen atoms in total. The van der Waals surface area contributed by atoms with Crippen LogP contribution in [0.2, 0.25) is 5.02 Å². The zero-order valence-electron chi connectivity index (χ0n) is 18.8. The molecule has 4 aromatic rings. The van der Waals surface area contributed by atoms with Crippen LogP contribution in [0.5, 0.6) is 0 Å². The summed E-state index contributed by atoms with van der Waals surface area (Å²) in [5.74, 6) is -0.267. The second-order valence-corrected chi connectivity index (χ2v) is 9.02. The number of ether oxygens (including phenoxy) is 1. The summed E-state index contributed by atoms with van der Waals surface area (Å²) in [4.78, 5) is 12.7. The van der Waals surface area contributed by atoms with Crippen molar-refractivity contribution in [1.29, 1.82) is 0 Å². The summed E-state index contributed by atoms with van der Waals surface area (Å²) in [6.45, 7) is 3.73. The van der Waals surface area contributed by atoms with Crippen LogP contribution in [0, 0.1) is 5.82 Å². The monoisotopic (exact) mass is 497 g/mol. The minimum absolute atomic E-state index is 0. The van der Waals surface area contributed by atoms with Gasteiger partial charge in [-0.3, -0.25) is 9.20 Å². The minimum atomic E-state index is -1.10. The van der Waals surface area contributed by atoms with Crippen molar-refractivity contribution in [3.05, 3.63) is 89.1 Å². The van der Waals surface area contributed by atoms with Crippen molar-refractivity contribution >= 4 is 23.2 Å². The number of pyridine rings is 1. The fourth-order valence-corrected chi connectivity index (χ4v) is 3.66. The van der Waals surface area contributed by atoms with Gasteiger partial charge in [0, 0.05) is 11.8 Å². The third-order valence-corrected chi connectivity index (χ3v) is 5.46. The van der Waals surface area contributed by atoms with Crippen molar-refractivity contribution in [3.8, 4) is 11.1 Å². The number of carbonyl (C=O) groups excluding carboxylic acids is 1. The van der Waals surface area contributed by atoms with E-state index in [9.17, 15) is 9.18 Å². The predicted octanol–water partition coefficient (Wildman–Crippen LogP) is 4.94. The smallest absolute Gasteiger partial charge is 0.240 e. The van der Waals surface area contributed by atoms with Gasteiger partial charge in [-0.25, -0.2) is 4.39 Å². The molecule has 0 aliphatic heterocycles. The SMILES string of the molecule is C.CC(C)(N)C(=O)N[C@H](COCc1ccccc1)c1nnc2c(-c3ccc(F)cc3)cc(Cl)cn12. The highest BCUT2D eigenvalue weighted by Gasteiger charge is 2.28. The highest BCUT2D eigenvalue weighted by atomic mass is 35.5. The number of nitrogens with two attached hydrogens (primary N) is 1. The number of nitrogens with one attached hydrogen (secondary N) is 1. The minimum Gasteiger partial charge on any atom is -0.374 e. The first-order valence-corrected chi connectivity index (χ1v) is 11.1. The zero-order valence-corrected chi connectivity index (χ0v) is 19.6. The van der Waals surface area contributed by atoms with Gasteiger partial charge in [0.15, 0.2) is 11.5 Å². The number of carbonyl (C=O) groups is 1. The van der Waals surface area contributed by atoms with Crippen molar-refractivity contribution < 1.29 is 13.9 Å². The van der Waals surface area contributed by atoms with E-state index >= 15 is 0 Å². The summed E-state index contributed by atoms with van der Waals surface area (Å²) in [6.07, 6.45) is 1.67. The average molecular weight is 498 g/mol. The van der Waals surface area contributed by atoms with Crippen LogP contribution in [-0.4, -0.2) is 32.7 Å². The Bertz CT molecular complexity index is 1290. The Morgan fingerprint density at radius 1 is 1.17 bits per heavy atom. The number of amides is 1. The lowest BCUT2D eigenvalue weighted by atomic mass is 10.1. The number of hydrogen-bond donors (Lipinski definition) is 2. The second kappa shape index (κ2) is 10.9.